The molecule has 0 fully saturated rings. The van der Waals surface area contributed by atoms with Gasteiger partial charge in [0.25, 0.3) is 5.91 Å². The summed E-state index contributed by atoms with van der Waals surface area (Å²) in [5.41, 5.74) is 0.485. The Hall–Kier alpha value is -2.37. The van der Waals surface area contributed by atoms with Gasteiger partial charge in [-0.3, -0.25) is 9.59 Å². The highest BCUT2D eigenvalue weighted by Crippen LogP contribution is 2.13. The molecule has 1 amide bonds. The summed E-state index contributed by atoms with van der Waals surface area (Å²) >= 11 is 0. The average molecular weight is 293 g/mol. The van der Waals surface area contributed by atoms with Crippen molar-refractivity contribution < 1.29 is 24.2 Å². The summed E-state index contributed by atoms with van der Waals surface area (Å²) in [5.74, 6) is -1.56. The zero-order valence-electron chi connectivity index (χ0n) is 12.3. The molecule has 0 aliphatic carbocycles. The number of ether oxygens (including phenoxy) is 1. The Balaban J connectivity index is 2.58. The van der Waals surface area contributed by atoms with Crippen molar-refractivity contribution in [3.05, 3.63) is 29.8 Å². The lowest BCUT2D eigenvalue weighted by Gasteiger charge is -2.18. The monoisotopic (exact) mass is 293 g/mol. The van der Waals surface area contributed by atoms with E-state index in [2.05, 4.69) is 5.32 Å². The van der Waals surface area contributed by atoms with Gasteiger partial charge in [-0.2, -0.15) is 0 Å². The second-order valence-electron chi connectivity index (χ2n) is 5.00. The molecule has 0 aliphatic rings. The van der Waals surface area contributed by atoms with E-state index in [0.29, 0.717) is 11.3 Å². The third-order valence-electron chi connectivity index (χ3n) is 2.86. The molecule has 1 rings (SSSR count). The highest BCUT2D eigenvalue weighted by molar-refractivity contribution is 5.94. The van der Waals surface area contributed by atoms with Gasteiger partial charge < -0.3 is 15.2 Å². The minimum Gasteiger partial charge on any atom is -0.484 e. The first-order valence-electron chi connectivity index (χ1n) is 6.57. The maximum atomic E-state index is 11.7. The normalized spacial score (nSPS) is 11.8. The second-order valence-corrected chi connectivity index (χ2v) is 5.00. The van der Waals surface area contributed by atoms with Crippen LogP contribution in [0.25, 0.3) is 0 Å². The van der Waals surface area contributed by atoms with Crippen molar-refractivity contribution in [2.24, 2.45) is 5.92 Å². The molecule has 21 heavy (non-hydrogen) atoms. The van der Waals surface area contributed by atoms with E-state index in [0.717, 1.165) is 0 Å². The molecule has 1 aromatic carbocycles. The summed E-state index contributed by atoms with van der Waals surface area (Å²) in [6.45, 7) is 4.54. The van der Waals surface area contributed by atoms with Crippen molar-refractivity contribution in [2.45, 2.75) is 26.8 Å². The topological polar surface area (TPSA) is 92.7 Å². The summed E-state index contributed by atoms with van der Waals surface area (Å²) in [6.07, 6.45) is 0. The lowest BCUT2D eigenvalue weighted by atomic mass is 10.1. The number of benzene rings is 1. The van der Waals surface area contributed by atoms with Crippen LogP contribution < -0.4 is 10.1 Å². The molecule has 0 saturated heterocycles. The van der Waals surface area contributed by atoms with E-state index in [9.17, 15) is 14.4 Å². The van der Waals surface area contributed by atoms with Crippen LogP contribution in [0.3, 0.4) is 0 Å². The quantitative estimate of drug-likeness (QED) is 0.743. The van der Waals surface area contributed by atoms with Gasteiger partial charge in [0.05, 0.1) is 0 Å². The largest absolute Gasteiger partial charge is 0.484 e. The maximum Gasteiger partial charge on any atom is 0.326 e. The van der Waals surface area contributed by atoms with Crippen molar-refractivity contribution in [3.63, 3.8) is 0 Å². The highest BCUT2D eigenvalue weighted by Gasteiger charge is 2.23. The lowest BCUT2D eigenvalue weighted by molar-refractivity contribution is -0.143. The van der Waals surface area contributed by atoms with Gasteiger partial charge in [0.15, 0.2) is 12.4 Å². The first-order chi connectivity index (χ1) is 9.81. The summed E-state index contributed by atoms with van der Waals surface area (Å²) < 4.78 is 5.26. The number of nitrogens with one attached hydrogen (secondary N) is 1. The van der Waals surface area contributed by atoms with E-state index in [1.165, 1.54) is 13.0 Å². The fraction of sp³-hybridized carbons (Fsp3) is 0.400. The van der Waals surface area contributed by atoms with E-state index in [1.807, 2.05) is 0 Å². The average Bonchev–Trinajstić information content (AvgIpc) is 2.42. The molecule has 0 aromatic heterocycles. The standard InChI is InChI=1S/C15H19NO5/c1-9(2)14(15(19)20)16-13(18)8-21-12-6-4-5-11(7-12)10(3)17/h4-7,9,14H,8H2,1-3H3,(H,16,18)(H,19,20). The molecule has 114 valence electrons. The number of carboxylic acids is 1. The van der Waals surface area contributed by atoms with E-state index in [1.54, 1.807) is 32.0 Å². The van der Waals surface area contributed by atoms with Gasteiger partial charge in [0, 0.05) is 5.56 Å². The molecule has 1 aromatic rings. The molecular weight excluding hydrogens is 274 g/mol. The third kappa shape index (κ3) is 5.25. The molecule has 0 heterocycles. The molecule has 0 bridgehead atoms. The van der Waals surface area contributed by atoms with E-state index in [-0.39, 0.29) is 18.3 Å². The number of carboxylic acid groups (broad SMARTS) is 1. The molecular formula is C15H19NO5. The van der Waals surface area contributed by atoms with Crippen molar-refractivity contribution in [1.82, 2.24) is 5.32 Å². The van der Waals surface area contributed by atoms with E-state index in [4.69, 9.17) is 9.84 Å². The van der Waals surface area contributed by atoms with Crippen LogP contribution in [0, 0.1) is 5.92 Å². The minimum atomic E-state index is -1.09. The van der Waals surface area contributed by atoms with Gasteiger partial charge in [-0.05, 0) is 25.0 Å². The predicted octanol–water partition coefficient (Wildman–Crippen LogP) is 1.49. The summed E-state index contributed by atoms with van der Waals surface area (Å²) in [4.78, 5) is 33.9. The molecule has 1 atom stereocenters. The van der Waals surface area contributed by atoms with Crippen LogP contribution in [0.1, 0.15) is 31.1 Å². The molecule has 1 unspecified atom stereocenters. The number of aliphatic carboxylic acids is 1. The van der Waals surface area contributed by atoms with E-state index < -0.39 is 17.9 Å². The molecule has 6 nitrogen and oxygen atoms in total. The summed E-state index contributed by atoms with van der Waals surface area (Å²) in [7, 11) is 0. The number of carbonyl (C=O) groups is 3. The van der Waals surface area contributed by atoms with Crippen molar-refractivity contribution in [3.8, 4) is 5.75 Å². The van der Waals surface area contributed by atoms with Gasteiger partial charge in [-0.25, -0.2) is 4.79 Å². The number of rotatable bonds is 7. The zero-order valence-corrected chi connectivity index (χ0v) is 12.3. The number of hydrogen-bond donors (Lipinski definition) is 2. The van der Waals surface area contributed by atoms with Crippen LogP contribution in [0.5, 0.6) is 5.75 Å². The molecule has 0 saturated carbocycles. The van der Waals surface area contributed by atoms with E-state index >= 15 is 0 Å². The SMILES string of the molecule is CC(=O)c1cccc(OCC(=O)NC(C(=O)O)C(C)C)c1. The van der Waals surface area contributed by atoms with Crippen LogP contribution in [-0.2, 0) is 9.59 Å². The van der Waals surface area contributed by atoms with Crippen molar-refractivity contribution in [2.75, 3.05) is 6.61 Å². The van der Waals surface area contributed by atoms with Crippen LogP contribution >= 0.6 is 0 Å². The zero-order chi connectivity index (χ0) is 16.0. The number of Topliss-reactive ketones (excluding diaryl/α,β-unsaturated/α-hetero) is 1. The first kappa shape index (κ1) is 16.7. The maximum absolute atomic E-state index is 11.7. The fourth-order valence-electron chi connectivity index (χ4n) is 1.68. The minimum absolute atomic E-state index is 0.101. The summed E-state index contributed by atoms with van der Waals surface area (Å²) in [6, 6.07) is 5.50. The van der Waals surface area contributed by atoms with Crippen molar-refractivity contribution in [1.29, 1.82) is 0 Å². The first-order valence-corrected chi connectivity index (χ1v) is 6.57. The molecule has 0 aliphatic heterocycles. The van der Waals surface area contributed by atoms with Gasteiger partial charge in [-0.15, -0.1) is 0 Å². The fourth-order valence-corrected chi connectivity index (χ4v) is 1.68. The number of amides is 1. The second kappa shape index (κ2) is 7.42. The van der Waals surface area contributed by atoms with Crippen LogP contribution in [0.4, 0.5) is 0 Å². The van der Waals surface area contributed by atoms with Gasteiger partial charge in [0.2, 0.25) is 0 Å². The Labute approximate surface area is 123 Å². The van der Waals surface area contributed by atoms with Crippen LogP contribution in [0.15, 0.2) is 24.3 Å². The Bertz CT molecular complexity index is 539. The molecule has 2 N–H and O–H groups in total. The Morgan fingerprint density at radius 3 is 2.48 bits per heavy atom. The Morgan fingerprint density at radius 1 is 1.29 bits per heavy atom. The lowest BCUT2D eigenvalue weighted by Crippen LogP contribution is -2.46. The molecule has 6 heteroatoms. The molecule has 0 radical (unpaired) electrons. The number of hydrogen-bond acceptors (Lipinski definition) is 4. The number of ketones is 1. The Kier molecular flexibility index (Phi) is 5.90. The highest BCUT2D eigenvalue weighted by atomic mass is 16.5. The Morgan fingerprint density at radius 2 is 1.95 bits per heavy atom. The van der Waals surface area contributed by atoms with Gasteiger partial charge in [-0.1, -0.05) is 26.0 Å². The number of carbonyl (C=O) groups excluding carboxylic acids is 2. The van der Waals surface area contributed by atoms with Crippen LogP contribution in [-0.4, -0.2) is 35.4 Å². The predicted molar refractivity (Wildman–Crippen MR) is 76.3 cm³/mol. The third-order valence-corrected chi connectivity index (χ3v) is 2.86. The van der Waals surface area contributed by atoms with Gasteiger partial charge >= 0.3 is 5.97 Å². The van der Waals surface area contributed by atoms with Crippen LogP contribution in [0.2, 0.25) is 0 Å². The molecule has 0 spiro atoms. The van der Waals surface area contributed by atoms with Crippen molar-refractivity contribution >= 4 is 17.7 Å². The van der Waals surface area contributed by atoms with Gasteiger partial charge in [0.1, 0.15) is 11.8 Å². The smallest absolute Gasteiger partial charge is 0.326 e. The summed E-state index contributed by atoms with van der Waals surface area (Å²) in [5, 5.41) is 11.4.